The molecule has 102 valence electrons. The van der Waals surface area contributed by atoms with Crippen LogP contribution >= 0.6 is 0 Å². The monoisotopic (exact) mass is 273 g/mol. The molecule has 0 heterocycles. The third kappa shape index (κ3) is 4.06. The number of aliphatic hydroxyl groups excluding tert-OH is 2. The molecule has 0 bridgehead atoms. The zero-order chi connectivity index (χ0) is 13.6. The van der Waals surface area contributed by atoms with Gasteiger partial charge in [-0.1, -0.05) is 25.5 Å². The van der Waals surface area contributed by atoms with Gasteiger partial charge in [-0.3, -0.25) is 0 Å². The molecule has 0 spiro atoms. The fraction of sp³-hybridized carbons (Fsp3) is 0.500. The summed E-state index contributed by atoms with van der Waals surface area (Å²) in [6, 6.07) is 5.72. The maximum Gasteiger partial charge on any atom is 0.240 e. The van der Waals surface area contributed by atoms with Crippen LogP contribution in [0.3, 0.4) is 0 Å². The van der Waals surface area contributed by atoms with E-state index in [1.54, 1.807) is 12.1 Å². The van der Waals surface area contributed by atoms with E-state index in [0.29, 0.717) is 0 Å². The average molecular weight is 273 g/mol. The Labute approximate surface area is 108 Å². The summed E-state index contributed by atoms with van der Waals surface area (Å²) in [7, 11) is -3.69. The van der Waals surface area contributed by atoms with Crippen LogP contribution < -0.4 is 4.72 Å². The van der Waals surface area contributed by atoms with Gasteiger partial charge in [-0.2, -0.15) is 0 Å². The molecule has 0 aliphatic heterocycles. The second-order valence-corrected chi connectivity index (χ2v) is 5.79. The van der Waals surface area contributed by atoms with Crippen molar-refractivity contribution in [3.05, 3.63) is 29.8 Å². The molecule has 0 atom stereocenters. The normalized spacial score (nSPS) is 12.0. The molecular weight excluding hydrogens is 254 g/mol. The summed E-state index contributed by atoms with van der Waals surface area (Å²) in [4.78, 5) is 0.134. The van der Waals surface area contributed by atoms with E-state index in [-0.39, 0.29) is 4.90 Å². The maximum atomic E-state index is 11.9. The molecule has 0 amide bonds. The molecule has 3 N–H and O–H groups in total. The van der Waals surface area contributed by atoms with E-state index in [9.17, 15) is 8.42 Å². The zero-order valence-corrected chi connectivity index (χ0v) is 11.2. The second-order valence-electron chi connectivity index (χ2n) is 4.08. The van der Waals surface area contributed by atoms with Crippen LogP contribution in [0, 0.1) is 0 Å². The first-order valence-corrected chi connectivity index (χ1v) is 7.34. The largest absolute Gasteiger partial charge is 0.395 e. The minimum absolute atomic E-state index is 0.134. The van der Waals surface area contributed by atoms with Gasteiger partial charge < -0.3 is 10.2 Å². The maximum absolute atomic E-state index is 11.9. The van der Waals surface area contributed by atoms with E-state index >= 15 is 0 Å². The zero-order valence-electron chi connectivity index (χ0n) is 10.3. The smallest absolute Gasteiger partial charge is 0.240 e. The molecule has 0 saturated carbocycles. The molecule has 1 aromatic carbocycles. The summed E-state index contributed by atoms with van der Waals surface area (Å²) < 4.78 is 26.0. The molecular formula is C12H19NO4S. The quantitative estimate of drug-likeness (QED) is 0.665. The highest BCUT2D eigenvalue weighted by Crippen LogP contribution is 2.12. The van der Waals surface area contributed by atoms with E-state index in [1.807, 2.05) is 0 Å². The number of rotatable bonds is 7. The van der Waals surface area contributed by atoms with Crippen LogP contribution in [-0.2, 0) is 16.4 Å². The third-order valence-electron chi connectivity index (χ3n) is 2.53. The van der Waals surface area contributed by atoms with Crippen LogP contribution in [0.2, 0.25) is 0 Å². The molecule has 1 rings (SSSR count). The Morgan fingerprint density at radius 2 is 1.72 bits per heavy atom. The van der Waals surface area contributed by atoms with Gasteiger partial charge in [-0.15, -0.1) is 0 Å². The summed E-state index contributed by atoms with van der Waals surface area (Å²) in [5, 5.41) is 17.7. The molecule has 0 aliphatic rings. The minimum atomic E-state index is -3.69. The number of sulfonamides is 1. The second kappa shape index (κ2) is 6.84. The molecule has 18 heavy (non-hydrogen) atoms. The number of aliphatic hydroxyl groups is 2. The Balaban J connectivity index is 2.84. The first-order valence-electron chi connectivity index (χ1n) is 5.86. The van der Waals surface area contributed by atoms with E-state index in [2.05, 4.69) is 11.6 Å². The fourth-order valence-electron chi connectivity index (χ4n) is 1.54. The van der Waals surface area contributed by atoms with Gasteiger partial charge >= 0.3 is 0 Å². The van der Waals surface area contributed by atoms with Crippen LogP contribution in [0.1, 0.15) is 18.9 Å². The van der Waals surface area contributed by atoms with Crippen molar-refractivity contribution in [1.82, 2.24) is 4.72 Å². The number of aryl methyl sites for hydroxylation is 1. The van der Waals surface area contributed by atoms with E-state index in [0.717, 1.165) is 18.4 Å². The topological polar surface area (TPSA) is 86.6 Å². The van der Waals surface area contributed by atoms with Gasteiger partial charge in [0.2, 0.25) is 10.0 Å². The summed E-state index contributed by atoms with van der Waals surface area (Å²) in [6.07, 6.45) is 1.91. The Morgan fingerprint density at radius 1 is 1.17 bits per heavy atom. The summed E-state index contributed by atoms with van der Waals surface area (Å²) >= 11 is 0. The molecule has 5 nitrogen and oxygen atoms in total. The third-order valence-corrected chi connectivity index (χ3v) is 4.07. The van der Waals surface area contributed by atoms with Crippen molar-refractivity contribution >= 4 is 10.0 Å². The molecule has 0 aromatic heterocycles. The highest BCUT2D eigenvalue weighted by molar-refractivity contribution is 7.89. The molecule has 1 aromatic rings. The van der Waals surface area contributed by atoms with E-state index in [4.69, 9.17) is 10.2 Å². The Morgan fingerprint density at radius 3 is 2.17 bits per heavy atom. The van der Waals surface area contributed by atoms with Crippen LogP contribution in [0.5, 0.6) is 0 Å². The first-order chi connectivity index (χ1) is 8.53. The highest BCUT2D eigenvalue weighted by atomic mass is 32.2. The Bertz CT molecular complexity index is 451. The van der Waals surface area contributed by atoms with Crippen LogP contribution in [-0.4, -0.2) is 37.9 Å². The fourth-order valence-corrected chi connectivity index (χ4v) is 2.76. The van der Waals surface area contributed by atoms with Crippen molar-refractivity contribution in [3.8, 4) is 0 Å². The lowest BCUT2D eigenvalue weighted by Gasteiger charge is -2.13. The van der Waals surface area contributed by atoms with Crippen molar-refractivity contribution < 1.29 is 18.6 Å². The predicted octanol–water partition coefficient (Wildman–Crippen LogP) is 0.271. The van der Waals surface area contributed by atoms with Gasteiger partial charge in [0, 0.05) is 0 Å². The summed E-state index contributed by atoms with van der Waals surface area (Å²) in [5.74, 6) is 0. The molecule has 0 fully saturated rings. The molecule has 0 unspecified atom stereocenters. The lowest BCUT2D eigenvalue weighted by Crippen LogP contribution is -2.39. The SMILES string of the molecule is CCCc1ccc(S(=O)(=O)NC(CO)CO)cc1. The average Bonchev–Trinajstić information content (AvgIpc) is 2.37. The van der Waals surface area contributed by atoms with Gasteiger partial charge in [0.25, 0.3) is 0 Å². The first kappa shape index (κ1) is 15.1. The van der Waals surface area contributed by atoms with Crippen LogP contribution in [0.4, 0.5) is 0 Å². The van der Waals surface area contributed by atoms with Gasteiger partial charge in [-0.25, -0.2) is 13.1 Å². The number of hydrogen-bond donors (Lipinski definition) is 3. The predicted molar refractivity (Wildman–Crippen MR) is 68.7 cm³/mol. The van der Waals surface area contributed by atoms with Crippen LogP contribution in [0.25, 0.3) is 0 Å². The van der Waals surface area contributed by atoms with Gasteiger partial charge in [0.1, 0.15) is 0 Å². The Hall–Kier alpha value is -0.950. The number of hydrogen-bond acceptors (Lipinski definition) is 4. The molecule has 0 aliphatic carbocycles. The minimum Gasteiger partial charge on any atom is -0.395 e. The van der Waals surface area contributed by atoms with Gasteiger partial charge in [-0.05, 0) is 24.1 Å². The molecule has 0 saturated heterocycles. The van der Waals surface area contributed by atoms with Crippen LogP contribution in [0.15, 0.2) is 29.2 Å². The van der Waals surface area contributed by atoms with Crippen molar-refractivity contribution in [1.29, 1.82) is 0 Å². The van der Waals surface area contributed by atoms with Crippen molar-refractivity contribution in [2.75, 3.05) is 13.2 Å². The van der Waals surface area contributed by atoms with Crippen molar-refractivity contribution in [2.24, 2.45) is 0 Å². The summed E-state index contributed by atoms with van der Waals surface area (Å²) in [5.41, 5.74) is 1.08. The lowest BCUT2D eigenvalue weighted by atomic mass is 10.1. The summed E-state index contributed by atoms with van der Waals surface area (Å²) in [6.45, 7) is 1.17. The van der Waals surface area contributed by atoms with E-state index < -0.39 is 29.3 Å². The van der Waals surface area contributed by atoms with E-state index in [1.165, 1.54) is 12.1 Å². The highest BCUT2D eigenvalue weighted by Gasteiger charge is 2.18. The number of nitrogens with one attached hydrogen (secondary N) is 1. The molecule has 6 heteroatoms. The van der Waals surface area contributed by atoms with Gasteiger partial charge in [0.15, 0.2) is 0 Å². The number of benzene rings is 1. The Kier molecular flexibility index (Phi) is 5.74. The van der Waals surface area contributed by atoms with Crippen molar-refractivity contribution in [3.63, 3.8) is 0 Å². The lowest BCUT2D eigenvalue weighted by molar-refractivity contribution is 0.185. The standard InChI is InChI=1S/C12H19NO4S/c1-2-3-10-4-6-12(7-5-10)18(16,17)13-11(8-14)9-15/h4-7,11,13-15H,2-3,8-9H2,1H3. The molecule has 0 radical (unpaired) electrons. The van der Waals surface area contributed by atoms with Crippen molar-refractivity contribution in [2.45, 2.75) is 30.7 Å². The van der Waals surface area contributed by atoms with Gasteiger partial charge in [0.05, 0.1) is 24.2 Å².